The Morgan fingerprint density at radius 2 is 1.42 bits per heavy atom. The van der Waals surface area contributed by atoms with Gasteiger partial charge in [-0.25, -0.2) is 4.79 Å². The molecular formula is C46H67NO17SSi2. The number of ether oxygens (including phenoxy) is 10. The quantitative estimate of drug-likeness (QED) is 0.0431. The first-order chi connectivity index (χ1) is 31.6. The molecule has 2 fully saturated rings. The molecule has 3 N–H and O–H groups in total. The summed E-state index contributed by atoms with van der Waals surface area (Å²) < 4.78 is 105. The van der Waals surface area contributed by atoms with Crippen molar-refractivity contribution >= 4 is 49.0 Å². The minimum Gasteiger partial charge on any atom is -0.497 e. The minimum atomic E-state index is -5.12. The van der Waals surface area contributed by atoms with Gasteiger partial charge in [0, 0.05) is 28.7 Å². The summed E-state index contributed by atoms with van der Waals surface area (Å²) in [7, 11) is -6.04. The molecular weight excluding hydrogens is 927 g/mol. The largest absolute Gasteiger partial charge is 0.497 e. The maximum atomic E-state index is 13.6. The molecule has 21 heteroatoms. The molecule has 0 aromatic heterocycles. The van der Waals surface area contributed by atoms with Crippen LogP contribution in [0.25, 0.3) is 0 Å². The highest BCUT2D eigenvalue weighted by Crippen LogP contribution is 2.39. The predicted octanol–water partition coefficient (Wildman–Crippen LogP) is 3.56. The van der Waals surface area contributed by atoms with E-state index in [1.165, 1.54) is 14.2 Å². The van der Waals surface area contributed by atoms with Crippen LogP contribution in [0.3, 0.4) is 0 Å². The van der Waals surface area contributed by atoms with Gasteiger partial charge in [0.15, 0.2) is 24.8 Å². The molecule has 0 spiro atoms. The topological polar surface area (TPSA) is 222 Å². The molecule has 2 aliphatic rings. The number of benzene rings is 3. The molecule has 67 heavy (non-hydrogen) atoms. The van der Waals surface area contributed by atoms with Crippen LogP contribution in [-0.2, 0) is 73.6 Å². The monoisotopic (exact) mass is 993 g/mol. The number of rotatable bonds is 22. The van der Waals surface area contributed by atoms with E-state index in [1.54, 1.807) is 24.3 Å². The lowest BCUT2D eigenvalue weighted by atomic mass is 9.95. The number of aliphatic hydroxyl groups is 1. The van der Waals surface area contributed by atoms with Crippen LogP contribution in [0, 0.1) is 0 Å². The zero-order chi connectivity index (χ0) is 49.2. The third-order valence-electron chi connectivity index (χ3n) is 11.5. The van der Waals surface area contributed by atoms with Crippen LogP contribution in [0.15, 0.2) is 84.9 Å². The molecule has 5 rings (SSSR count). The van der Waals surface area contributed by atoms with Crippen molar-refractivity contribution in [1.82, 2.24) is 4.72 Å². The van der Waals surface area contributed by atoms with Crippen LogP contribution in [-0.4, -0.2) is 149 Å². The molecule has 2 saturated heterocycles. The lowest BCUT2D eigenvalue weighted by molar-refractivity contribution is -0.349. The summed E-state index contributed by atoms with van der Waals surface area (Å²) in [5.41, 5.74) is 0.675. The van der Waals surface area contributed by atoms with Gasteiger partial charge in [-0.1, -0.05) is 113 Å². The molecule has 2 heterocycles. The van der Waals surface area contributed by atoms with Crippen LogP contribution < -0.4 is 19.8 Å². The summed E-state index contributed by atoms with van der Waals surface area (Å²) in [6.07, 6.45) is -13.8. The van der Waals surface area contributed by atoms with Gasteiger partial charge in [-0.2, -0.15) is 13.1 Å². The van der Waals surface area contributed by atoms with E-state index in [1.807, 2.05) is 65.4 Å². The van der Waals surface area contributed by atoms with E-state index in [9.17, 15) is 27.7 Å². The smallest absolute Gasteiger partial charge is 0.337 e. The van der Waals surface area contributed by atoms with Gasteiger partial charge in [0.05, 0.1) is 27.4 Å². The summed E-state index contributed by atoms with van der Waals surface area (Å²) in [5, 5.41) is 13.8. The highest BCUT2D eigenvalue weighted by molar-refractivity contribution is 7.83. The molecule has 18 nitrogen and oxygen atoms in total. The van der Waals surface area contributed by atoms with Crippen LogP contribution in [0.1, 0.15) is 33.3 Å². The maximum absolute atomic E-state index is 13.6. The van der Waals surface area contributed by atoms with Crippen LogP contribution in [0.4, 0.5) is 0 Å². The number of methoxy groups -OCH3 is 3. The first-order valence-electron chi connectivity index (χ1n) is 22.0. The molecule has 2 aliphatic heterocycles. The molecule has 0 unspecified atom stereocenters. The normalized spacial score (nSPS) is 26.1. The highest BCUT2D eigenvalue weighted by Gasteiger charge is 2.57. The standard InChI is InChI=1S/C46H67NO17SSi2/c1-30(48)61-42-39(59-29-57-25-26-66(8,9)10)40(41(43(50)55-6)64-45(42)56-7)63-44-36(47-65(51,52)53)37(49)38(58-27-31-21-23-32(54-5)24-22-31)35(62-44)28-60-67(46(2,3)4,33-17-13-11-14-18-33)34-19-15-12-16-20-34/h11-24,35-42,44-45,47,49H,25-29H2,1-10H3,(H,51,52,53)/t35-,36-,37-,38-,39+,40+,41+,42-,44-,45+/m1/s1. The van der Waals surface area contributed by atoms with Gasteiger partial charge in [-0.15, -0.1) is 0 Å². The number of hydrogen-bond acceptors (Lipinski definition) is 16. The average Bonchev–Trinajstić information content (AvgIpc) is 3.27. The summed E-state index contributed by atoms with van der Waals surface area (Å²) in [6.45, 7) is 13.6. The van der Waals surface area contributed by atoms with Crippen LogP contribution >= 0.6 is 0 Å². The lowest BCUT2D eigenvalue weighted by Gasteiger charge is -2.49. The third-order valence-corrected chi connectivity index (χ3v) is 18.8. The Hall–Kier alpha value is -3.66. The van der Waals surface area contributed by atoms with Crippen molar-refractivity contribution in [2.75, 3.05) is 41.3 Å². The second-order valence-corrected chi connectivity index (χ2v) is 29.7. The van der Waals surface area contributed by atoms with Gasteiger partial charge in [-0.05, 0) is 39.2 Å². The van der Waals surface area contributed by atoms with Gasteiger partial charge < -0.3 is 56.9 Å². The molecule has 0 saturated carbocycles. The second kappa shape index (κ2) is 23.8. The Morgan fingerprint density at radius 1 is 0.806 bits per heavy atom. The highest BCUT2D eigenvalue weighted by atomic mass is 32.2. The summed E-state index contributed by atoms with van der Waals surface area (Å²) >= 11 is 0. The summed E-state index contributed by atoms with van der Waals surface area (Å²) in [5.74, 6) is -1.12. The summed E-state index contributed by atoms with van der Waals surface area (Å²) in [6, 6.07) is 25.6. The minimum absolute atomic E-state index is 0.0914. The van der Waals surface area contributed by atoms with E-state index in [0.29, 0.717) is 17.9 Å². The zero-order valence-electron chi connectivity index (χ0n) is 39.8. The molecule has 10 atom stereocenters. The Balaban J connectivity index is 1.62. The van der Waals surface area contributed by atoms with Gasteiger partial charge in [0.2, 0.25) is 0 Å². The fourth-order valence-electron chi connectivity index (χ4n) is 8.24. The van der Waals surface area contributed by atoms with Crippen LogP contribution in [0.5, 0.6) is 5.75 Å². The number of carbonyl (C=O) groups excluding carboxylic acids is 2. The van der Waals surface area contributed by atoms with Gasteiger partial charge in [0.25, 0.3) is 8.32 Å². The molecule has 0 radical (unpaired) electrons. The van der Waals surface area contributed by atoms with Crippen LogP contribution in [0.2, 0.25) is 30.7 Å². The Bertz CT molecular complexity index is 2090. The van der Waals surface area contributed by atoms with Crippen molar-refractivity contribution in [3.63, 3.8) is 0 Å². The Labute approximate surface area is 395 Å². The van der Waals surface area contributed by atoms with E-state index in [0.717, 1.165) is 30.5 Å². The van der Waals surface area contributed by atoms with Crippen molar-refractivity contribution in [2.24, 2.45) is 0 Å². The molecule has 3 aromatic rings. The SMILES string of the molecule is COC(=O)[C@H]1O[C@H](OC)[C@H](OC(C)=O)[C@@H](OCOCC[Si](C)(C)C)[C@@H]1O[C@H]1O[C@H](CO[Si](c2ccccc2)(c2ccccc2)C(C)(C)C)[C@@H](OCc2ccc(OC)cc2)[C@H](O)[C@H]1NS(=O)(=O)O. The summed E-state index contributed by atoms with van der Waals surface area (Å²) in [4.78, 5) is 26.2. The Kier molecular flexibility index (Phi) is 19.3. The number of aliphatic hydroxyl groups excluding tert-OH is 1. The van der Waals surface area contributed by atoms with Gasteiger partial charge >= 0.3 is 22.2 Å². The fourth-order valence-corrected chi connectivity index (χ4v) is 14.2. The van der Waals surface area contributed by atoms with Gasteiger partial charge in [-0.3, -0.25) is 9.35 Å². The van der Waals surface area contributed by atoms with E-state index < -0.39 is 105 Å². The predicted molar refractivity (Wildman–Crippen MR) is 250 cm³/mol. The number of carbonyl (C=O) groups is 2. The van der Waals surface area contributed by atoms with Crippen molar-refractivity contribution in [1.29, 1.82) is 0 Å². The van der Waals surface area contributed by atoms with E-state index in [2.05, 4.69) is 40.4 Å². The Morgan fingerprint density at radius 3 is 1.93 bits per heavy atom. The van der Waals surface area contributed by atoms with Crippen molar-refractivity contribution in [3.8, 4) is 5.75 Å². The van der Waals surface area contributed by atoms with E-state index >= 15 is 0 Å². The molecule has 3 aromatic carbocycles. The maximum Gasteiger partial charge on any atom is 0.337 e. The first kappa shape index (κ1) is 54.3. The molecule has 0 amide bonds. The number of nitrogens with one attached hydrogen (secondary N) is 1. The fraction of sp³-hybridized carbons (Fsp3) is 0.565. The first-order valence-corrected chi connectivity index (χ1v) is 29.0. The number of hydrogen-bond donors (Lipinski definition) is 3. The molecule has 0 aliphatic carbocycles. The van der Waals surface area contributed by atoms with Crippen molar-refractivity contribution < 1.29 is 79.5 Å². The van der Waals surface area contributed by atoms with Crippen molar-refractivity contribution in [2.45, 2.75) is 126 Å². The third kappa shape index (κ3) is 14.2. The number of esters is 2. The molecule has 372 valence electrons. The van der Waals surface area contributed by atoms with E-state index in [-0.39, 0.29) is 20.0 Å². The van der Waals surface area contributed by atoms with Crippen molar-refractivity contribution in [3.05, 3.63) is 90.5 Å². The van der Waals surface area contributed by atoms with Gasteiger partial charge in [0.1, 0.15) is 49.1 Å². The zero-order valence-corrected chi connectivity index (χ0v) is 42.6. The molecule has 0 bridgehead atoms. The second-order valence-electron chi connectivity index (χ2n) is 18.6. The average molecular weight is 994 g/mol. The van der Waals surface area contributed by atoms with E-state index in [4.69, 9.17) is 51.8 Å². The lowest BCUT2D eigenvalue weighted by Crippen LogP contribution is -2.70.